The van der Waals surface area contributed by atoms with Gasteiger partial charge in [-0.2, -0.15) is 0 Å². The van der Waals surface area contributed by atoms with Crippen LogP contribution in [0.15, 0.2) is 24.3 Å². The van der Waals surface area contributed by atoms with Crippen molar-refractivity contribution in [2.45, 2.75) is 105 Å². The van der Waals surface area contributed by atoms with Gasteiger partial charge >= 0.3 is 12.1 Å². The molecule has 220 valence electrons. The highest BCUT2D eigenvalue weighted by Gasteiger charge is 2.39. The third kappa shape index (κ3) is 12.1. The monoisotopic (exact) mass is 547 g/mol. The van der Waals surface area contributed by atoms with Gasteiger partial charge in [-0.25, -0.2) is 4.79 Å². The number of carbonyl (C=O) groups is 4. The summed E-state index contributed by atoms with van der Waals surface area (Å²) in [5, 5.41) is 5.39. The molecule has 0 aliphatic heterocycles. The number of esters is 1. The number of carbonyl (C=O) groups excluding carboxylic acids is 4. The lowest BCUT2D eigenvalue weighted by atomic mass is 9.95. The molecule has 39 heavy (non-hydrogen) atoms. The van der Waals surface area contributed by atoms with E-state index in [0.717, 1.165) is 12.0 Å². The fourth-order valence-corrected chi connectivity index (χ4v) is 4.15. The summed E-state index contributed by atoms with van der Waals surface area (Å²) in [6.07, 6.45) is 1.15. The average molecular weight is 548 g/mol. The Hall–Kier alpha value is -3.10. The summed E-state index contributed by atoms with van der Waals surface area (Å²) in [5.41, 5.74) is 0.869. The van der Waals surface area contributed by atoms with E-state index in [9.17, 15) is 19.2 Å². The number of benzene rings is 1. The van der Waals surface area contributed by atoms with Gasteiger partial charge in [-0.15, -0.1) is 0 Å². The Morgan fingerprint density at radius 2 is 1.51 bits per heavy atom. The molecule has 0 aromatic heterocycles. The van der Waals surface area contributed by atoms with E-state index in [1.807, 2.05) is 52.0 Å². The van der Waals surface area contributed by atoms with Gasteiger partial charge in [0.15, 0.2) is 0 Å². The van der Waals surface area contributed by atoms with Crippen LogP contribution in [0.2, 0.25) is 0 Å². The minimum absolute atomic E-state index is 0.0766. The topological polar surface area (TPSA) is 114 Å². The van der Waals surface area contributed by atoms with Gasteiger partial charge in [-0.05, 0) is 71.3 Å². The van der Waals surface area contributed by atoms with Crippen molar-refractivity contribution in [1.29, 1.82) is 0 Å². The molecule has 1 aromatic rings. The Kier molecular flexibility index (Phi) is 13.5. The largest absolute Gasteiger partial charge is 0.468 e. The second-order valence-electron chi connectivity index (χ2n) is 12.0. The number of nitrogens with one attached hydrogen (secondary N) is 2. The zero-order valence-corrected chi connectivity index (χ0v) is 25.4. The minimum atomic E-state index is -1.03. The van der Waals surface area contributed by atoms with E-state index < -0.39 is 35.7 Å². The van der Waals surface area contributed by atoms with Crippen molar-refractivity contribution >= 4 is 23.9 Å². The first-order chi connectivity index (χ1) is 18.0. The van der Waals surface area contributed by atoms with Crippen LogP contribution < -0.4 is 10.6 Å². The van der Waals surface area contributed by atoms with Crippen LogP contribution in [0.25, 0.3) is 0 Å². The average Bonchev–Trinajstić information content (AvgIpc) is 2.82. The summed E-state index contributed by atoms with van der Waals surface area (Å²) in [7, 11) is 1.24. The van der Waals surface area contributed by atoms with E-state index >= 15 is 0 Å². The zero-order chi connectivity index (χ0) is 29.9. The molecular formula is C30H49N3O6. The molecule has 0 radical (unpaired) electrons. The minimum Gasteiger partial charge on any atom is -0.468 e. The number of nitrogens with zero attached hydrogens (tertiary/aromatic N) is 1. The van der Waals surface area contributed by atoms with Crippen LogP contribution in [0.4, 0.5) is 4.79 Å². The summed E-state index contributed by atoms with van der Waals surface area (Å²) >= 11 is 0. The first kappa shape index (κ1) is 33.9. The third-order valence-corrected chi connectivity index (χ3v) is 6.14. The fraction of sp³-hybridized carbons (Fsp3) is 0.667. The number of alkyl carbamates (subject to hydrolysis) is 1. The number of rotatable bonds is 13. The van der Waals surface area contributed by atoms with Crippen molar-refractivity contribution in [3.05, 3.63) is 35.4 Å². The molecule has 0 spiro atoms. The highest BCUT2D eigenvalue weighted by atomic mass is 16.6. The summed E-state index contributed by atoms with van der Waals surface area (Å²) in [4.78, 5) is 54.1. The molecule has 1 aromatic carbocycles. The van der Waals surface area contributed by atoms with E-state index in [-0.39, 0.29) is 24.4 Å². The maximum Gasteiger partial charge on any atom is 0.408 e. The molecule has 0 saturated heterocycles. The van der Waals surface area contributed by atoms with E-state index in [0.29, 0.717) is 24.3 Å². The SMILES string of the molecule is COC(=O)CNC(=O)C(c1ccc(C)cc1)N(C(=O)C(CC(C)C)NC(=O)OC(C)(C)C)C(C)CCC(C)C. The van der Waals surface area contributed by atoms with Crippen LogP contribution in [0.3, 0.4) is 0 Å². The molecule has 1 rings (SSSR count). The Labute approximate surface area is 234 Å². The quantitative estimate of drug-likeness (QED) is 0.339. The van der Waals surface area contributed by atoms with E-state index in [2.05, 4.69) is 24.5 Å². The molecule has 0 fully saturated rings. The normalized spacial score (nSPS) is 13.8. The Balaban J connectivity index is 3.60. The summed E-state index contributed by atoms with van der Waals surface area (Å²) in [5.74, 6) is -1.02. The maximum atomic E-state index is 14.3. The smallest absolute Gasteiger partial charge is 0.408 e. The van der Waals surface area contributed by atoms with Crippen molar-refractivity contribution in [2.75, 3.05) is 13.7 Å². The Morgan fingerprint density at radius 1 is 0.923 bits per heavy atom. The number of methoxy groups -OCH3 is 1. The highest BCUT2D eigenvalue weighted by Crippen LogP contribution is 2.28. The number of aryl methyl sites for hydroxylation is 1. The van der Waals surface area contributed by atoms with Crippen LogP contribution in [-0.4, -0.2) is 60.1 Å². The van der Waals surface area contributed by atoms with E-state index in [4.69, 9.17) is 9.47 Å². The van der Waals surface area contributed by atoms with Gasteiger partial charge in [0.2, 0.25) is 11.8 Å². The van der Waals surface area contributed by atoms with Gasteiger partial charge < -0.3 is 25.0 Å². The Morgan fingerprint density at radius 3 is 2.00 bits per heavy atom. The first-order valence-electron chi connectivity index (χ1n) is 13.8. The summed E-state index contributed by atoms with van der Waals surface area (Å²) < 4.78 is 10.1. The molecule has 9 heteroatoms. The van der Waals surface area contributed by atoms with Crippen LogP contribution in [0.1, 0.15) is 91.8 Å². The van der Waals surface area contributed by atoms with Crippen LogP contribution >= 0.6 is 0 Å². The van der Waals surface area contributed by atoms with Gasteiger partial charge in [0.05, 0.1) is 7.11 Å². The predicted octanol–water partition coefficient (Wildman–Crippen LogP) is 4.92. The van der Waals surface area contributed by atoms with Gasteiger partial charge in [-0.3, -0.25) is 14.4 Å². The first-order valence-corrected chi connectivity index (χ1v) is 13.8. The molecule has 0 heterocycles. The van der Waals surface area contributed by atoms with Crippen LogP contribution in [0.5, 0.6) is 0 Å². The Bertz CT molecular complexity index is 952. The molecule has 0 bridgehead atoms. The lowest BCUT2D eigenvalue weighted by Crippen LogP contribution is -2.56. The zero-order valence-electron chi connectivity index (χ0n) is 25.4. The molecule has 3 atom stereocenters. The van der Waals surface area contributed by atoms with Gasteiger partial charge in [-0.1, -0.05) is 57.5 Å². The van der Waals surface area contributed by atoms with Crippen molar-refractivity contribution in [2.24, 2.45) is 11.8 Å². The lowest BCUT2D eigenvalue weighted by Gasteiger charge is -2.39. The maximum absolute atomic E-state index is 14.3. The number of hydrogen-bond acceptors (Lipinski definition) is 6. The standard InChI is InChI=1S/C30H49N3O6/c1-19(2)11-14-22(6)33(28(36)24(17-20(3)4)32-29(37)39-30(7,8)9)26(23-15-12-21(5)13-16-23)27(35)31-18-25(34)38-10/h12-13,15-16,19-20,22,24,26H,11,14,17-18H2,1-10H3,(H,31,35)(H,32,37). The van der Waals surface area contributed by atoms with Crippen molar-refractivity contribution in [1.82, 2.24) is 15.5 Å². The number of hydrogen-bond donors (Lipinski definition) is 2. The molecule has 0 aliphatic carbocycles. The number of amides is 3. The molecule has 3 unspecified atom stereocenters. The fourth-order valence-electron chi connectivity index (χ4n) is 4.15. The number of ether oxygens (including phenoxy) is 2. The summed E-state index contributed by atoms with van der Waals surface area (Å²) in [6, 6.07) is 5.09. The van der Waals surface area contributed by atoms with Crippen molar-refractivity contribution in [3.8, 4) is 0 Å². The van der Waals surface area contributed by atoms with Crippen LogP contribution in [-0.2, 0) is 23.9 Å². The van der Waals surface area contributed by atoms with E-state index in [1.54, 1.807) is 25.7 Å². The third-order valence-electron chi connectivity index (χ3n) is 6.14. The van der Waals surface area contributed by atoms with Crippen molar-refractivity contribution < 1.29 is 28.7 Å². The molecule has 0 aliphatic rings. The molecule has 0 saturated carbocycles. The molecule has 3 amide bonds. The molecular weight excluding hydrogens is 498 g/mol. The highest BCUT2D eigenvalue weighted by molar-refractivity contribution is 5.93. The lowest BCUT2D eigenvalue weighted by molar-refractivity contribution is -0.147. The summed E-state index contributed by atoms with van der Waals surface area (Å²) in [6.45, 7) is 16.9. The second kappa shape index (κ2) is 15.5. The van der Waals surface area contributed by atoms with Crippen molar-refractivity contribution in [3.63, 3.8) is 0 Å². The van der Waals surface area contributed by atoms with Gasteiger partial charge in [0, 0.05) is 6.04 Å². The van der Waals surface area contributed by atoms with Gasteiger partial charge in [0.1, 0.15) is 24.2 Å². The predicted molar refractivity (Wildman–Crippen MR) is 152 cm³/mol. The van der Waals surface area contributed by atoms with E-state index in [1.165, 1.54) is 7.11 Å². The van der Waals surface area contributed by atoms with Gasteiger partial charge in [0.25, 0.3) is 0 Å². The van der Waals surface area contributed by atoms with Crippen LogP contribution in [0, 0.1) is 18.8 Å². The second-order valence-corrected chi connectivity index (χ2v) is 12.0. The molecule has 2 N–H and O–H groups in total. The molecule has 9 nitrogen and oxygen atoms in total.